The van der Waals surface area contributed by atoms with Gasteiger partial charge in [-0.15, -0.1) is 0 Å². The first-order valence-corrected chi connectivity index (χ1v) is 3.84. The second-order valence-electron chi connectivity index (χ2n) is 1.39. The number of nitrogens with one attached hydrogen (secondary N) is 1. The first-order valence-electron chi connectivity index (χ1n) is 2.29. The summed E-state index contributed by atoms with van der Waals surface area (Å²) in [4.78, 5) is 20.0. The maximum absolute atomic E-state index is 10.3. The summed E-state index contributed by atoms with van der Waals surface area (Å²) in [6.07, 6.45) is 0. The molecule has 1 N–H and O–H groups in total. The monoisotopic (exact) mass is 213 g/mol. The van der Waals surface area contributed by atoms with Crippen LogP contribution < -0.4 is 74.2 Å². The van der Waals surface area contributed by atoms with Crippen LogP contribution in [0, 0.1) is 0 Å². The predicted octanol–water partition coefficient (Wildman–Crippen LogP) is -8.55. The van der Waals surface area contributed by atoms with E-state index in [9.17, 15) is 19.4 Å². The molecule has 0 aromatic carbocycles. The Labute approximate surface area is 114 Å². The number of aliphatic carboxylic acids is 1. The molecule has 0 aliphatic carbocycles. The predicted molar refractivity (Wildman–Crippen MR) is 27.6 cm³/mol. The molecule has 9 heteroatoms. The van der Waals surface area contributed by atoms with Crippen LogP contribution in [0.2, 0.25) is 0 Å². The Kier molecular flexibility index (Phi) is 14.6. The van der Waals surface area contributed by atoms with Gasteiger partial charge >= 0.3 is 59.1 Å². The van der Waals surface area contributed by atoms with Crippen LogP contribution in [0.4, 0.5) is 0 Å². The van der Waals surface area contributed by atoms with E-state index >= 15 is 0 Å². The molecule has 0 aliphatic heterocycles. The summed E-state index contributed by atoms with van der Waals surface area (Å²) in [5, 5.41) is 11.3. The minimum Gasteiger partial charge on any atom is -0.766 e. The van der Waals surface area contributed by atoms with Gasteiger partial charge in [0.15, 0.2) is 0 Å². The van der Waals surface area contributed by atoms with E-state index in [1.165, 1.54) is 0 Å². The van der Waals surface area contributed by atoms with E-state index in [4.69, 9.17) is 0 Å². The molecule has 1 unspecified atom stereocenters. The summed E-state index contributed by atoms with van der Waals surface area (Å²) >= 11 is 0. The van der Waals surface area contributed by atoms with E-state index in [1.807, 2.05) is 0 Å². The van der Waals surface area contributed by atoms with Crippen molar-refractivity contribution >= 4 is 13.7 Å². The molecular formula is C3H6NNa2O5P. The summed E-state index contributed by atoms with van der Waals surface area (Å²) in [6, 6.07) is 0. The van der Waals surface area contributed by atoms with Crippen LogP contribution in [0.25, 0.3) is 0 Å². The number of rotatable bonds is 4. The molecule has 0 saturated heterocycles. The molecular weight excluding hydrogens is 207 g/mol. The molecule has 12 heavy (non-hydrogen) atoms. The zero-order chi connectivity index (χ0) is 8.20. The second kappa shape index (κ2) is 9.15. The van der Waals surface area contributed by atoms with Crippen LogP contribution in [0.15, 0.2) is 0 Å². The molecule has 0 bridgehead atoms. The van der Waals surface area contributed by atoms with Gasteiger partial charge in [-0.3, -0.25) is 9.65 Å². The van der Waals surface area contributed by atoms with E-state index in [2.05, 4.69) is 4.52 Å². The average Bonchev–Trinajstić information content (AvgIpc) is 1.85. The first-order chi connectivity index (χ1) is 4.48. The van der Waals surface area contributed by atoms with Gasteiger partial charge in [-0.2, -0.15) is 0 Å². The number of carboxylic acid groups (broad SMARTS) is 1. The number of carboxylic acids is 1. The number of carbonyl (C=O) groups is 1. The smallest absolute Gasteiger partial charge is 0.766 e. The normalized spacial score (nSPS) is 13.5. The quantitative estimate of drug-likeness (QED) is 0.367. The van der Waals surface area contributed by atoms with Gasteiger partial charge < -0.3 is 19.3 Å². The fourth-order valence-corrected chi connectivity index (χ4v) is 0.678. The van der Waals surface area contributed by atoms with Gasteiger partial charge in [-0.25, -0.2) is 0 Å². The first kappa shape index (κ1) is 19.2. The van der Waals surface area contributed by atoms with Crippen LogP contribution >= 0.6 is 7.75 Å². The summed E-state index contributed by atoms with van der Waals surface area (Å²) in [6.45, 7) is -0.769. The third kappa shape index (κ3) is 11.6. The minimum atomic E-state index is -4.15. The van der Waals surface area contributed by atoms with Crippen molar-refractivity contribution < 1.29 is 83.0 Å². The Bertz CT molecular complexity index is 176. The number of carbonyl (C=O) groups excluding carboxylic acids is 1. The fraction of sp³-hybridized carbons (Fsp3) is 0.667. The van der Waals surface area contributed by atoms with Crippen molar-refractivity contribution in [3.8, 4) is 0 Å². The molecule has 0 fully saturated rings. The van der Waals surface area contributed by atoms with Crippen LogP contribution in [0.5, 0.6) is 0 Å². The molecule has 1 atom stereocenters. The topological polar surface area (TPSA) is 102 Å². The van der Waals surface area contributed by atoms with E-state index in [0.717, 1.165) is 7.11 Å². The van der Waals surface area contributed by atoms with Crippen molar-refractivity contribution in [1.82, 2.24) is 5.09 Å². The molecule has 6 nitrogen and oxygen atoms in total. The molecule has 60 valence electrons. The maximum Gasteiger partial charge on any atom is 1.00 e. The van der Waals surface area contributed by atoms with Crippen molar-refractivity contribution in [1.29, 1.82) is 0 Å². The van der Waals surface area contributed by atoms with Gasteiger partial charge in [-0.1, -0.05) is 0 Å². The van der Waals surface area contributed by atoms with Gasteiger partial charge in [0.05, 0.1) is 5.97 Å². The summed E-state index contributed by atoms with van der Waals surface area (Å²) in [5.41, 5.74) is 0. The van der Waals surface area contributed by atoms with Gasteiger partial charge in [-0.05, 0) is 0 Å². The summed E-state index contributed by atoms with van der Waals surface area (Å²) in [5.74, 6) is -1.51. The Balaban J connectivity index is -0.000000405. The minimum absolute atomic E-state index is 0. The van der Waals surface area contributed by atoms with Gasteiger partial charge in [0.1, 0.15) is 0 Å². The Morgan fingerprint density at radius 2 is 2.00 bits per heavy atom. The maximum atomic E-state index is 10.3. The Morgan fingerprint density at radius 1 is 1.58 bits per heavy atom. The SMILES string of the molecule is COP(=O)([O-])NCC(=O)[O-].[Na+].[Na+]. The zero-order valence-corrected chi connectivity index (χ0v) is 12.1. The van der Waals surface area contributed by atoms with Crippen molar-refractivity contribution in [2.45, 2.75) is 0 Å². The van der Waals surface area contributed by atoms with Crippen molar-refractivity contribution in [2.24, 2.45) is 0 Å². The van der Waals surface area contributed by atoms with E-state index in [1.54, 1.807) is 5.09 Å². The van der Waals surface area contributed by atoms with E-state index < -0.39 is 20.3 Å². The molecule has 0 radical (unpaired) electrons. The molecule has 0 heterocycles. The number of hydrogen-bond acceptors (Lipinski definition) is 5. The van der Waals surface area contributed by atoms with Gasteiger partial charge in [0, 0.05) is 13.7 Å². The van der Waals surface area contributed by atoms with Crippen LogP contribution in [-0.4, -0.2) is 19.6 Å². The fourth-order valence-electron chi connectivity index (χ4n) is 0.226. The van der Waals surface area contributed by atoms with Gasteiger partial charge in [0.25, 0.3) is 0 Å². The van der Waals surface area contributed by atoms with Gasteiger partial charge in [0.2, 0.25) is 7.75 Å². The Hall–Kier alpha value is 1.58. The van der Waals surface area contributed by atoms with E-state index in [-0.39, 0.29) is 59.1 Å². The van der Waals surface area contributed by atoms with Crippen LogP contribution in [0.3, 0.4) is 0 Å². The standard InChI is InChI=1S/C3H8NO5P.2Na/c1-9-10(7,8)4-2-3(5)6;;/h2H2,1H3,(H,5,6)(H2,4,7,8);;/q;2*+1/p-2. The molecule has 0 spiro atoms. The molecule has 0 aromatic rings. The van der Waals surface area contributed by atoms with Crippen LogP contribution in [-0.2, 0) is 13.9 Å². The largest absolute Gasteiger partial charge is 1.00 e. The second-order valence-corrected chi connectivity index (χ2v) is 3.06. The molecule has 0 saturated carbocycles. The molecule has 0 aliphatic rings. The molecule has 0 amide bonds. The average molecular weight is 213 g/mol. The zero-order valence-electron chi connectivity index (χ0n) is 7.20. The van der Waals surface area contributed by atoms with E-state index in [0.29, 0.717) is 0 Å². The summed E-state index contributed by atoms with van der Waals surface area (Å²) in [7, 11) is -3.22. The third-order valence-electron chi connectivity index (χ3n) is 0.657. The van der Waals surface area contributed by atoms with Crippen molar-refractivity contribution in [3.63, 3.8) is 0 Å². The van der Waals surface area contributed by atoms with Crippen molar-refractivity contribution in [3.05, 3.63) is 0 Å². The molecule has 0 rings (SSSR count). The molecule has 0 aromatic heterocycles. The summed E-state index contributed by atoms with van der Waals surface area (Å²) < 4.78 is 14.2. The Morgan fingerprint density at radius 3 is 2.25 bits per heavy atom. The third-order valence-corrected chi connectivity index (χ3v) is 1.68. The van der Waals surface area contributed by atoms with Crippen LogP contribution in [0.1, 0.15) is 0 Å². The van der Waals surface area contributed by atoms with Crippen molar-refractivity contribution in [2.75, 3.05) is 13.7 Å². The number of hydrogen-bond donors (Lipinski definition) is 1.